The Labute approximate surface area is 212 Å². The second-order valence-corrected chi connectivity index (χ2v) is 9.30. The summed E-state index contributed by atoms with van der Waals surface area (Å²) in [5.41, 5.74) is 2.59. The lowest BCUT2D eigenvalue weighted by molar-refractivity contribution is 0.460. The van der Waals surface area contributed by atoms with Gasteiger partial charge in [0.25, 0.3) is 0 Å². The van der Waals surface area contributed by atoms with Crippen LogP contribution in [0.25, 0.3) is 0 Å². The third-order valence-corrected chi connectivity index (χ3v) is 7.05. The second-order valence-electron chi connectivity index (χ2n) is 7.68. The molecule has 1 aromatic carbocycles. The van der Waals surface area contributed by atoms with E-state index in [1.807, 2.05) is 7.05 Å². The smallest absolute Gasteiger partial charge is 0.191 e. The quantitative estimate of drug-likeness (QED) is 0.144. The second kappa shape index (κ2) is 13.6. The number of nitrogens with zero attached hydrogens (tertiary/aromatic N) is 4. The van der Waals surface area contributed by atoms with E-state index < -0.39 is 0 Å². The van der Waals surface area contributed by atoms with Crippen LogP contribution in [-0.2, 0) is 13.0 Å². The van der Waals surface area contributed by atoms with Gasteiger partial charge in [-0.2, -0.15) is 0 Å². The number of nitrogens with one attached hydrogen (secondary N) is 2. The molecular weight excluding hydrogens is 539 g/mol. The normalized spacial score (nSPS) is 14.5. The van der Waals surface area contributed by atoms with Gasteiger partial charge in [-0.05, 0) is 55.9 Å². The van der Waals surface area contributed by atoms with E-state index in [1.54, 1.807) is 23.5 Å². The third kappa shape index (κ3) is 7.28. The van der Waals surface area contributed by atoms with Crippen molar-refractivity contribution in [2.24, 2.45) is 4.99 Å². The number of halogens is 1. The third-order valence-electron chi connectivity index (χ3n) is 5.59. The van der Waals surface area contributed by atoms with Crippen LogP contribution in [0.1, 0.15) is 55.1 Å². The van der Waals surface area contributed by atoms with E-state index in [0.29, 0.717) is 6.04 Å². The highest BCUT2D eigenvalue weighted by Crippen LogP contribution is 2.33. The van der Waals surface area contributed by atoms with Crippen molar-refractivity contribution >= 4 is 53.5 Å². The SMILES string of the molecule is CN=C(NCCCc1nnc(SC)n1C1CCCC1)NCc1ccc(C)cc1SC.I. The molecule has 1 aromatic heterocycles. The maximum atomic E-state index is 4.49. The first-order valence-electron chi connectivity index (χ1n) is 10.7. The molecule has 0 aliphatic heterocycles. The molecule has 1 heterocycles. The lowest BCUT2D eigenvalue weighted by Gasteiger charge is -2.17. The molecule has 172 valence electrons. The molecule has 0 spiro atoms. The molecule has 1 fully saturated rings. The van der Waals surface area contributed by atoms with Crippen LogP contribution in [0.5, 0.6) is 0 Å². The highest BCUT2D eigenvalue weighted by Gasteiger charge is 2.23. The monoisotopic (exact) mass is 574 g/mol. The molecule has 0 atom stereocenters. The molecule has 0 amide bonds. The van der Waals surface area contributed by atoms with Gasteiger partial charge in [-0.15, -0.1) is 45.9 Å². The molecular formula is C22H35IN6S2. The van der Waals surface area contributed by atoms with E-state index in [9.17, 15) is 0 Å². The van der Waals surface area contributed by atoms with E-state index in [0.717, 1.165) is 42.9 Å². The van der Waals surface area contributed by atoms with E-state index in [-0.39, 0.29) is 24.0 Å². The van der Waals surface area contributed by atoms with E-state index in [4.69, 9.17) is 0 Å². The highest BCUT2D eigenvalue weighted by molar-refractivity contribution is 14.0. The Balaban J connectivity index is 0.00000341. The zero-order valence-corrected chi connectivity index (χ0v) is 22.9. The fraction of sp³-hybridized carbons (Fsp3) is 0.591. The van der Waals surface area contributed by atoms with Crippen LogP contribution in [0.3, 0.4) is 0 Å². The first-order valence-corrected chi connectivity index (χ1v) is 13.2. The summed E-state index contributed by atoms with van der Waals surface area (Å²) in [6.45, 7) is 3.76. The van der Waals surface area contributed by atoms with Gasteiger partial charge in [-0.1, -0.05) is 36.7 Å². The van der Waals surface area contributed by atoms with Crippen molar-refractivity contribution in [1.29, 1.82) is 0 Å². The van der Waals surface area contributed by atoms with Crippen LogP contribution in [0.2, 0.25) is 0 Å². The minimum absolute atomic E-state index is 0. The maximum absolute atomic E-state index is 4.49. The zero-order valence-electron chi connectivity index (χ0n) is 19.0. The molecule has 0 bridgehead atoms. The standard InChI is InChI=1S/C22H34N6S2.HI/c1-16-11-12-17(19(14-16)29-3)15-25-21(23-2)24-13-7-10-20-26-27-22(30-4)28(20)18-8-5-6-9-18;/h11-12,14,18H,5-10,13,15H2,1-4H3,(H2,23,24,25);1H. The largest absolute Gasteiger partial charge is 0.356 e. The van der Waals surface area contributed by atoms with Gasteiger partial charge in [0.2, 0.25) is 0 Å². The Bertz CT molecular complexity index is 849. The van der Waals surface area contributed by atoms with Crippen molar-refractivity contribution in [3.63, 3.8) is 0 Å². The van der Waals surface area contributed by atoms with Crippen molar-refractivity contribution in [2.45, 2.75) is 68.1 Å². The number of hydrogen-bond donors (Lipinski definition) is 2. The molecule has 9 heteroatoms. The van der Waals surface area contributed by atoms with Gasteiger partial charge in [0.05, 0.1) is 0 Å². The number of rotatable bonds is 9. The summed E-state index contributed by atoms with van der Waals surface area (Å²) in [7, 11) is 1.82. The van der Waals surface area contributed by atoms with Crippen molar-refractivity contribution < 1.29 is 0 Å². The van der Waals surface area contributed by atoms with Crippen molar-refractivity contribution in [3.05, 3.63) is 35.2 Å². The fourth-order valence-corrected chi connectivity index (χ4v) is 5.28. The Hall–Kier alpha value is -0.940. The number of benzene rings is 1. The molecule has 1 aliphatic rings. The summed E-state index contributed by atoms with van der Waals surface area (Å²) in [5.74, 6) is 1.96. The van der Waals surface area contributed by atoms with Crippen LogP contribution in [0, 0.1) is 6.92 Å². The minimum Gasteiger partial charge on any atom is -0.356 e. The summed E-state index contributed by atoms with van der Waals surface area (Å²) in [5, 5.41) is 16.8. The highest BCUT2D eigenvalue weighted by atomic mass is 127. The average Bonchev–Trinajstić information content (AvgIpc) is 3.43. The summed E-state index contributed by atoms with van der Waals surface area (Å²) >= 11 is 3.49. The van der Waals surface area contributed by atoms with Gasteiger partial charge in [-0.25, -0.2) is 0 Å². The average molecular weight is 575 g/mol. The topological polar surface area (TPSA) is 67.1 Å². The van der Waals surface area contributed by atoms with Crippen LogP contribution in [-0.4, -0.2) is 46.8 Å². The number of aliphatic imine (C=N–C) groups is 1. The Morgan fingerprint density at radius 2 is 1.94 bits per heavy atom. The molecule has 6 nitrogen and oxygen atoms in total. The molecule has 0 unspecified atom stereocenters. The van der Waals surface area contributed by atoms with E-state index in [2.05, 4.69) is 68.0 Å². The summed E-state index contributed by atoms with van der Waals surface area (Å²) in [6.07, 6.45) is 11.3. The Morgan fingerprint density at radius 1 is 1.16 bits per heavy atom. The number of aryl methyl sites for hydroxylation is 2. The minimum atomic E-state index is 0. The summed E-state index contributed by atoms with van der Waals surface area (Å²) in [6, 6.07) is 7.18. The molecule has 31 heavy (non-hydrogen) atoms. The van der Waals surface area contributed by atoms with Gasteiger partial charge in [0.15, 0.2) is 11.1 Å². The Kier molecular flexibility index (Phi) is 11.5. The van der Waals surface area contributed by atoms with Gasteiger partial charge < -0.3 is 15.2 Å². The van der Waals surface area contributed by atoms with Crippen molar-refractivity contribution in [2.75, 3.05) is 26.1 Å². The molecule has 2 aromatic rings. The zero-order chi connectivity index (χ0) is 21.3. The first-order chi connectivity index (χ1) is 14.7. The summed E-state index contributed by atoms with van der Waals surface area (Å²) < 4.78 is 2.39. The van der Waals surface area contributed by atoms with Crippen molar-refractivity contribution in [1.82, 2.24) is 25.4 Å². The van der Waals surface area contributed by atoms with Gasteiger partial charge in [0, 0.05) is 37.5 Å². The number of thioether (sulfide) groups is 2. The molecule has 2 N–H and O–H groups in total. The lowest BCUT2D eigenvalue weighted by Crippen LogP contribution is -2.37. The lowest BCUT2D eigenvalue weighted by atomic mass is 10.1. The van der Waals surface area contributed by atoms with Gasteiger partial charge in [-0.3, -0.25) is 4.99 Å². The molecule has 0 radical (unpaired) electrons. The number of guanidine groups is 1. The van der Waals surface area contributed by atoms with Crippen LogP contribution in [0.4, 0.5) is 0 Å². The predicted molar refractivity (Wildman–Crippen MR) is 144 cm³/mol. The fourth-order valence-electron chi connectivity index (χ4n) is 4.00. The van der Waals surface area contributed by atoms with Crippen LogP contribution in [0.15, 0.2) is 33.2 Å². The Morgan fingerprint density at radius 3 is 2.61 bits per heavy atom. The number of hydrogen-bond acceptors (Lipinski definition) is 5. The predicted octanol–water partition coefficient (Wildman–Crippen LogP) is 5.06. The molecule has 1 saturated carbocycles. The van der Waals surface area contributed by atoms with Crippen molar-refractivity contribution in [3.8, 4) is 0 Å². The van der Waals surface area contributed by atoms with E-state index in [1.165, 1.54) is 41.7 Å². The molecule has 3 rings (SSSR count). The van der Waals surface area contributed by atoms with Crippen LogP contribution >= 0.6 is 47.5 Å². The summed E-state index contributed by atoms with van der Waals surface area (Å²) in [4.78, 5) is 5.68. The van der Waals surface area contributed by atoms with Gasteiger partial charge >= 0.3 is 0 Å². The molecule has 0 saturated heterocycles. The van der Waals surface area contributed by atoms with Gasteiger partial charge in [0.1, 0.15) is 5.82 Å². The first kappa shape index (κ1) is 26.3. The number of aromatic nitrogens is 3. The van der Waals surface area contributed by atoms with Crippen LogP contribution < -0.4 is 10.6 Å². The van der Waals surface area contributed by atoms with E-state index >= 15 is 0 Å². The maximum Gasteiger partial charge on any atom is 0.191 e. The molecule has 1 aliphatic carbocycles.